The van der Waals surface area contributed by atoms with Crippen LogP contribution in [0.25, 0.3) is 27.5 Å². The van der Waals surface area contributed by atoms with Crippen molar-refractivity contribution in [1.29, 1.82) is 0 Å². The molecule has 0 radical (unpaired) electrons. The summed E-state index contributed by atoms with van der Waals surface area (Å²) in [6, 6.07) is 32.3. The SMILES string of the molecule is Cc1ccc2c(c1)c1cc(C)ccc1n2-c1ccc(Nc2ccccc2)cc1. The van der Waals surface area contributed by atoms with Crippen molar-refractivity contribution in [2.24, 2.45) is 0 Å². The van der Waals surface area contributed by atoms with Gasteiger partial charge in [-0.25, -0.2) is 0 Å². The Bertz CT molecular complexity index is 1220. The summed E-state index contributed by atoms with van der Waals surface area (Å²) < 4.78 is 2.36. The number of hydrogen-bond acceptors (Lipinski definition) is 1. The fourth-order valence-corrected chi connectivity index (χ4v) is 3.91. The van der Waals surface area contributed by atoms with E-state index in [2.05, 4.69) is 96.5 Å². The summed E-state index contributed by atoms with van der Waals surface area (Å²) in [6.45, 7) is 4.31. The van der Waals surface area contributed by atoms with Crippen LogP contribution in [0.3, 0.4) is 0 Å². The van der Waals surface area contributed by atoms with Crippen LogP contribution in [0.5, 0.6) is 0 Å². The van der Waals surface area contributed by atoms with Crippen molar-refractivity contribution >= 4 is 33.2 Å². The van der Waals surface area contributed by atoms with Crippen LogP contribution in [0.4, 0.5) is 11.4 Å². The second-order valence-corrected chi connectivity index (χ2v) is 7.41. The summed E-state index contributed by atoms with van der Waals surface area (Å²) >= 11 is 0. The minimum absolute atomic E-state index is 1.09. The Kier molecular flexibility index (Phi) is 3.91. The summed E-state index contributed by atoms with van der Waals surface area (Å²) in [5, 5.41) is 6.08. The largest absolute Gasteiger partial charge is 0.356 e. The van der Waals surface area contributed by atoms with Gasteiger partial charge in [0.1, 0.15) is 0 Å². The number of hydrogen-bond donors (Lipinski definition) is 1. The molecule has 0 saturated heterocycles. The van der Waals surface area contributed by atoms with Crippen molar-refractivity contribution in [3.8, 4) is 5.69 Å². The topological polar surface area (TPSA) is 17.0 Å². The van der Waals surface area contributed by atoms with Gasteiger partial charge in [-0.2, -0.15) is 0 Å². The van der Waals surface area contributed by atoms with Gasteiger partial charge in [0.05, 0.1) is 11.0 Å². The quantitative estimate of drug-likeness (QED) is 0.361. The van der Waals surface area contributed by atoms with Crippen molar-refractivity contribution in [3.63, 3.8) is 0 Å². The van der Waals surface area contributed by atoms with Gasteiger partial charge in [0.15, 0.2) is 0 Å². The molecule has 0 spiro atoms. The fourth-order valence-electron chi connectivity index (χ4n) is 3.91. The maximum Gasteiger partial charge on any atom is 0.0541 e. The lowest BCUT2D eigenvalue weighted by Gasteiger charge is -2.11. The van der Waals surface area contributed by atoms with E-state index in [-0.39, 0.29) is 0 Å². The number of aryl methyl sites for hydroxylation is 2. The molecule has 28 heavy (non-hydrogen) atoms. The third kappa shape index (κ3) is 2.84. The van der Waals surface area contributed by atoms with Crippen molar-refractivity contribution < 1.29 is 0 Å². The third-order valence-corrected chi connectivity index (χ3v) is 5.26. The maximum atomic E-state index is 3.46. The third-order valence-electron chi connectivity index (χ3n) is 5.26. The monoisotopic (exact) mass is 362 g/mol. The average Bonchev–Trinajstić information content (AvgIpc) is 3.02. The fraction of sp³-hybridized carbons (Fsp3) is 0.0769. The van der Waals surface area contributed by atoms with Gasteiger partial charge in [0.25, 0.3) is 0 Å². The lowest BCUT2D eigenvalue weighted by atomic mass is 10.1. The number of rotatable bonds is 3. The van der Waals surface area contributed by atoms with Crippen LogP contribution in [0, 0.1) is 13.8 Å². The Hall–Kier alpha value is -3.52. The second-order valence-electron chi connectivity index (χ2n) is 7.41. The molecule has 136 valence electrons. The number of anilines is 2. The highest BCUT2D eigenvalue weighted by Gasteiger charge is 2.12. The lowest BCUT2D eigenvalue weighted by Crippen LogP contribution is -1.95. The van der Waals surface area contributed by atoms with Crippen LogP contribution in [0.15, 0.2) is 91.0 Å². The smallest absolute Gasteiger partial charge is 0.0541 e. The van der Waals surface area contributed by atoms with Gasteiger partial charge in [-0.3, -0.25) is 0 Å². The predicted octanol–water partition coefficient (Wildman–Crippen LogP) is 7.14. The van der Waals surface area contributed by atoms with Gasteiger partial charge < -0.3 is 9.88 Å². The summed E-state index contributed by atoms with van der Waals surface area (Å²) in [7, 11) is 0. The maximum absolute atomic E-state index is 3.46. The summed E-state index contributed by atoms with van der Waals surface area (Å²) in [4.78, 5) is 0. The minimum atomic E-state index is 1.09. The molecule has 2 heteroatoms. The van der Waals surface area contributed by atoms with Crippen molar-refractivity contribution in [2.75, 3.05) is 5.32 Å². The molecular weight excluding hydrogens is 340 g/mol. The first-order valence-electron chi connectivity index (χ1n) is 9.63. The van der Waals surface area contributed by atoms with Crippen molar-refractivity contribution in [2.45, 2.75) is 13.8 Å². The van der Waals surface area contributed by atoms with Crippen LogP contribution in [-0.4, -0.2) is 4.57 Å². The van der Waals surface area contributed by atoms with Crippen LogP contribution in [-0.2, 0) is 0 Å². The molecule has 0 aliphatic rings. The molecule has 0 aliphatic heterocycles. The first-order chi connectivity index (χ1) is 13.7. The number of para-hydroxylation sites is 1. The van der Waals surface area contributed by atoms with E-state index in [1.165, 1.54) is 38.6 Å². The van der Waals surface area contributed by atoms with Crippen LogP contribution in [0.2, 0.25) is 0 Å². The van der Waals surface area contributed by atoms with Gasteiger partial charge in [-0.15, -0.1) is 0 Å². The Labute approximate surface area is 165 Å². The first kappa shape index (κ1) is 16.6. The molecule has 5 aromatic rings. The van der Waals surface area contributed by atoms with E-state index in [1.807, 2.05) is 18.2 Å². The molecule has 0 saturated carbocycles. The minimum Gasteiger partial charge on any atom is -0.356 e. The number of aromatic nitrogens is 1. The molecule has 2 nitrogen and oxygen atoms in total. The van der Waals surface area contributed by atoms with Crippen LogP contribution >= 0.6 is 0 Å². The highest BCUT2D eigenvalue weighted by molar-refractivity contribution is 6.09. The standard InChI is InChI=1S/C26H22N2/c1-18-8-14-25-23(16-18)24-17-19(2)9-15-26(24)28(25)22-12-10-21(11-13-22)27-20-6-4-3-5-7-20/h3-17,27H,1-2H3. The highest BCUT2D eigenvalue weighted by atomic mass is 15.0. The second kappa shape index (κ2) is 6.58. The van der Waals surface area contributed by atoms with Gasteiger partial charge in [-0.1, -0.05) is 41.5 Å². The van der Waals surface area contributed by atoms with Gasteiger partial charge in [0.2, 0.25) is 0 Å². The molecule has 0 bridgehead atoms. The van der Waals surface area contributed by atoms with Crippen LogP contribution in [0.1, 0.15) is 11.1 Å². The molecule has 0 amide bonds. The van der Waals surface area contributed by atoms with Gasteiger partial charge >= 0.3 is 0 Å². The summed E-state index contributed by atoms with van der Waals surface area (Å²) in [5.74, 6) is 0. The van der Waals surface area contributed by atoms with E-state index in [9.17, 15) is 0 Å². The van der Waals surface area contributed by atoms with E-state index in [0.29, 0.717) is 0 Å². The lowest BCUT2D eigenvalue weighted by molar-refractivity contribution is 1.18. The van der Waals surface area contributed by atoms with E-state index in [0.717, 1.165) is 11.4 Å². The molecule has 0 atom stereocenters. The van der Waals surface area contributed by atoms with E-state index >= 15 is 0 Å². The predicted molar refractivity (Wildman–Crippen MR) is 120 cm³/mol. The molecule has 1 aromatic heterocycles. The van der Waals surface area contributed by atoms with E-state index in [1.54, 1.807) is 0 Å². The molecule has 0 unspecified atom stereocenters. The normalized spacial score (nSPS) is 11.2. The zero-order chi connectivity index (χ0) is 19.1. The van der Waals surface area contributed by atoms with E-state index in [4.69, 9.17) is 0 Å². The van der Waals surface area contributed by atoms with Crippen molar-refractivity contribution in [1.82, 2.24) is 4.57 Å². The zero-order valence-electron chi connectivity index (χ0n) is 16.1. The number of nitrogens with one attached hydrogen (secondary N) is 1. The Morgan fingerprint density at radius 3 is 1.68 bits per heavy atom. The Morgan fingerprint density at radius 1 is 0.571 bits per heavy atom. The summed E-state index contributed by atoms with van der Waals surface area (Å²) in [5.41, 5.74) is 8.42. The molecular formula is C26H22N2. The first-order valence-corrected chi connectivity index (χ1v) is 9.63. The molecule has 4 aromatic carbocycles. The molecule has 0 aliphatic carbocycles. The summed E-state index contributed by atoms with van der Waals surface area (Å²) in [6.07, 6.45) is 0. The molecule has 5 rings (SSSR count). The van der Waals surface area contributed by atoms with E-state index < -0.39 is 0 Å². The Balaban J connectivity index is 1.64. The number of fused-ring (bicyclic) bond motifs is 3. The highest BCUT2D eigenvalue weighted by Crippen LogP contribution is 2.33. The van der Waals surface area contributed by atoms with Crippen molar-refractivity contribution in [3.05, 3.63) is 102 Å². The molecule has 1 N–H and O–H groups in total. The van der Waals surface area contributed by atoms with Crippen LogP contribution < -0.4 is 5.32 Å². The zero-order valence-corrected chi connectivity index (χ0v) is 16.1. The molecule has 1 heterocycles. The Morgan fingerprint density at radius 2 is 1.11 bits per heavy atom. The molecule has 0 fully saturated rings. The van der Waals surface area contributed by atoms with Gasteiger partial charge in [0, 0.05) is 27.8 Å². The number of benzene rings is 4. The number of nitrogens with zero attached hydrogens (tertiary/aromatic N) is 1. The van der Waals surface area contributed by atoms with Gasteiger partial charge in [-0.05, 0) is 74.5 Å². The average molecular weight is 362 g/mol.